The fourth-order valence-electron chi connectivity index (χ4n) is 4.35. The molecule has 44 heavy (non-hydrogen) atoms. The van der Waals surface area contributed by atoms with Gasteiger partial charge >= 0.3 is 0 Å². The van der Waals surface area contributed by atoms with E-state index in [0.717, 1.165) is 22.2 Å². The predicted molar refractivity (Wildman–Crippen MR) is 167 cm³/mol. The molecule has 3 amide bonds. The summed E-state index contributed by atoms with van der Waals surface area (Å²) < 4.78 is 10.7. The molecule has 0 spiro atoms. The lowest BCUT2D eigenvalue weighted by Crippen LogP contribution is -2.32. The van der Waals surface area contributed by atoms with Crippen LogP contribution < -0.4 is 25.0 Å². The molecule has 0 saturated heterocycles. The number of methoxy groups -OCH3 is 2. The van der Waals surface area contributed by atoms with Crippen LogP contribution in [-0.4, -0.2) is 36.9 Å². The highest BCUT2D eigenvalue weighted by atomic mass is 32.2. The molecule has 12 heteroatoms. The fraction of sp³-hybridized carbons (Fsp3) is 0.0938. The number of benzene rings is 4. The molecule has 4 aromatic carbocycles. The van der Waals surface area contributed by atoms with E-state index in [0.29, 0.717) is 27.8 Å². The Balaban J connectivity index is 1.41. The van der Waals surface area contributed by atoms with E-state index in [9.17, 15) is 24.5 Å². The zero-order valence-electron chi connectivity index (χ0n) is 23.8. The van der Waals surface area contributed by atoms with Crippen LogP contribution in [-0.2, 0) is 9.59 Å². The lowest BCUT2D eigenvalue weighted by Gasteiger charge is -2.19. The third kappa shape index (κ3) is 6.25. The molecule has 5 rings (SSSR count). The van der Waals surface area contributed by atoms with Crippen LogP contribution in [0.25, 0.3) is 0 Å². The first-order valence-corrected chi connectivity index (χ1v) is 14.0. The van der Waals surface area contributed by atoms with Gasteiger partial charge in [0.2, 0.25) is 0 Å². The van der Waals surface area contributed by atoms with Crippen molar-refractivity contribution in [2.75, 3.05) is 29.8 Å². The van der Waals surface area contributed by atoms with Gasteiger partial charge in [-0.1, -0.05) is 29.5 Å². The Bertz CT molecular complexity index is 1790. The molecule has 0 radical (unpaired) electrons. The Morgan fingerprint density at radius 1 is 0.841 bits per heavy atom. The predicted octanol–water partition coefficient (Wildman–Crippen LogP) is 6.16. The molecular formula is C32H26N4O7S. The minimum Gasteiger partial charge on any atom is -0.497 e. The molecule has 1 aliphatic heterocycles. The van der Waals surface area contributed by atoms with Crippen LogP contribution in [0.4, 0.5) is 22.7 Å². The summed E-state index contributed by atoms with van der Waals surface area (Å²) in [5.74, 6) is -0.721. The molecule has 0 aliphatic carbocycles. The third-order valence-corrected chi connectivity index (χ3v) is 7.75. The number of aryl methyl sites for hydroxylation is 1. The fourth-order valence-corrected chi connectivity index (χ4v) is 5.27. The van der Waals surface area contributed by atoms with Crippen molar-refractivity contribution in [1.29, 1.82) is 0 Å². The van der Waals surface area contributed by atoms with Gasteiger partial charge in [-0.05, 0) is 67.6 Å². The normalized spacial score (nSPS) is 12.8. The van der Waals surface area contributed by atoms with Crippen molar-refractivity contribution in [2.24, 2.45) is 0 Å². The number of hydrogen-bond acceptors (Lipinski definition) is 9. The Morgan fingerprint density at radius 2 is 1.50 bits per heavy atom. The Hall–Kier alpha value is -5.62. The average molecular weight is 611 g/mol. The van der Waals surface area contributed by atoms with E-state index in [4.69, 9.17) is 9.47 Å². The minimum absolute atomic E-state index is 0.109. The maximum Gasteiger partial charge on any atom is 0.283 e. The van der Waals surface area contributed by atoms with Crippen LogP contribution in [0.2, 0.25) is 0 Å². The summed E-state index contributed by atoms with van der Waals surface area (Å²) in [6.45, 7) is 1.95. The maximum absolute atomic E-state index is 13.8. The molecule has 222 valence electrons. The van der Waals surface area contributed by atoms with Gasteiger partial charge < -0.3 is 20.1 Å². The second-order valence-electron chi connectivity index (χ2n) is 9.56. The van der Waals surface area contributed by atoms with Crippen LogP contribution in [0.5, 0.6) is 11.5 Å². The van der Waals surface area contributed by atoms with E-state index in [1.807, 2.05) is 31.2 Å². The van der Waals surface area contributed by atoms with Crippen molar-refractivity contribution in [1.82, 2.24) is 0 Å². The van der Waals surface area contributed by atoms with Gasteiger partial charge in [0.15, 0.2) is 0 Å². The number of amides is 3. The number of ether oxygens (including phenoxy) is 2. The first-order valence-electron chi connectivity index (χ1n) is 13.2. The highest BCUT2D eigenvalue weighted by Crippen LogP contribution is 2.41. The second-order valence-corrected chi connectivity index (χ2v) is 10.6. The summed E-state index contributed by atoms with van der Waals surface area (Å²) in [7, 11) is 2.95. The average Bonchev–Trinajstić information content (AvgIpc) is 3.26. The lowest BCUT2D eigenvalue weighted by molar-refractivity contribution is -0.384. The molecule has 0 unspecified atom stereocenters. The number of rotatable bonds is 10. The number of carbonyl (C=O) groups is 3. The van der Waals surface area contributed by atoms with Crippen LogP contribution in [0, 0.1) is 17.0 Å². The van der Waals surface area contributed by atoms with E-state index < -0.39 is 22.6 Å². The monoisotopic (exact) mass is 610 g/mol. The van der Waals surface area contributed by atoms with Gasteiger partial charge in [-0.2, -0.15) is 0 Å². The molecule has 2 N–H and O–H groups in total. The smallest absolute Gasteiger partial charge is 0.283 e. The van der Waals surface area contributed by atoms with E-state index in [2.05, 4.69) is 10.6 Å². The summed E-state index contributed by atoms with van der Waals surface area (Å²) in [4.78, 5) is 52.5. The van der Waals surface area contributed by atoms with Gasteiger partial charge in [0, 0.05) is 40.0 Å². The number of nitro groups is 1. The van der Waals surface area contributed by atoms with Crippen LogP contribution in [0.1, 0.15) is 15.9 Å². The van der Waals surface area contributed by atoms with Crippen molar-refractivity contribution in [3.05, 3.63) is 123 Å². The number of non-ortho nitro benzene ring substituents is 1. The molecule has 4 aromatic rings. The summed E-state index contributed by atoms with van der Waals surface area (Å²) >= 11 is 1.10. The number of imide groups is 1. The maximum atomic E-state index is 13.8. The molecule has 0 aromatic heterocycles. The molecule has 11 nitrogen and oxygen atoms in total. The number of anilines is 3. The number of nitro benzene ring substituents is 1. The van der Waals surface area contributed by atoms with E-state index in [-0.39, 0.29) is 27.5 Å². The Morgan fingerprint density at radius 3 is 2.11 bits per heavy atom. The topological polar surface area (TPSA) is 140 Å². The summed E-state index contributed by atoms with van der Waals surface area (Å²) in [6.07, 6.45) is 0. The van der Waals surface area contributed by atoms with E-state index >= 15 is 0 Å². The number of thioether (sulfide) groups is 1. The SMILES string of the molecule is COc1ccc(N2C(=O)C(Nc3ccc(C)cc3)=C(Sc3ccc(NC(=O)c4ccc([N+](=O)[O-])cc4)cc3)C2=O)c(OC)c1. The van der Waals surface area contributed by atoms with Crippen LogP contribution in [0.3, 0.4) is 0 Å². The van der Waals surface area contributed by atoms with Crippen molar-refractivity contribution in [2.45, 2.75) is 11.8 Å². The number of nitrogens with one attached hydrogen (secondary N) is 2. The molecule has 0 atom stereocenters. The Labute approximate surface area is 256 Å². The van der Waals surface area contributed by atoms with Crippen LogP contribution in [0.15, 0.2) is 106 Å². The molecule has 1 aliphatic rings. The summed E-state index contributed by atoms with van der Waals surface area (Å²) in [5.41, 5.74) is 2.68. The summed E-state index contributed by atoms with van der Waals surface area (Å²) in [6, 6.07) is 24.3. The second kappa shape index (κ2) is 12.7. The highest BCUT2D eigenvalue weighted by Gasteiger charge is 2.41. The zero-order valence-corrected chi connectivity index (χ0v) is 24.6. The first-order chi connectivity index (χ1) is 21.2. The molecule has 0 fully saturated rings. The minimum atomic E-state index is -0.548. The van der Waals surface area contributed by atoms with Crippen molar-refractivity contribution in [3.63, 3.8) is 0 Å². The van der Waals surface area contributed by atoms with Crippen molar-refractivity contribution >= 4 is 52.2 Å². The van der Waals surface area contributed by atoms with Crippen molar-refractivity contribution in [3.8, 4) is 11.5 Å². The zero-order chi connectivity index (χ0) is 31.4. The number of carbonyl (C=O) groups excluding carboxylic acids is 3. The molecule has 0 saturated carbocycles. The third-order valence-electron chi connectivity index (χ3n) is 6.66. The van der Waals surface area contributed by atoms with Crippen molar-refractivity contribution < 1.29 is 28.8 Å². The van der Waals surface area contributed by atoms with Gasteiger partial charge in [-0.25, -0.2) is 4.90 Å². The largest absolute Gasteiger partial charge is 0.497 e. The van der Waals surface area contributed by atoms with Gasteiger partial charge in [-0.15, -0.1) is 0 Å². The molecule has 1 heterocycles. The summed E-state index contributed by atoms with van der Waals surface area (Å²) in [5, 5.41) is 16.7. The standard InChI is InChI=1S/C32H26N4O7S/c1-19-4-8-21(9-5-19)33-28-29(32(39)35(31(28)38)26-17-14-24(42-2)18-27(26)43-3)44-25-15-10-22(11-16-25)34-30(37)20-6-12-23(13-7-20)36(40)41/h4-18,33H,1-3H3,(H,34,37). The number of nitrogens with zero attached hydrogens (tertiary/aromatic N) is 2. The van der Waals surface area contributed by atoms with Gasteiger partial charge in [0.05, 0.1) is 24.8 Å². The quantitative estimate of drug-likeness (QED) is 0.123. The first kappa shape index (κ1) is 29.9. The van der Waals surface area contributed by atoms with E-state index in [1.165, 1.54) is 38.5 Å². The number of hydrogen-bond donors (Lipinski definition) is 2. The van der Waals surface area contributed by atoms with Gasteiger partial charge in [0.25, 0.3) is 23.4 Å². The van der Waals surface area contributed by atoms with Gasteiger partial charge in [-0.3, -0.25) is 24.5 Å². The highest BCUT2D eigenvalue weighted by molar-refractivity contribution is 8.04. The van der Waals surface area contributed by atoms with Gasteiger partial charge in [0.1, 0.15) is 22.1 Å². The molecular weight excluding hydrogens is 584 g/mol. The van der Waals surface area contributed by atoms with E-state index in [1.54, 1.807) is 42.5 Å². The van der Waals surface area contributed by atoms with Crippen LogP contribution >= 0.6 is 11.8 Å². The Kier molecular flexibility index (Phi) is 8.63. The lowest BCUT2D eigenvalue weighted by atomic mass is 10.2. The molecule has 0 bridgehead atoms.